The minimum absolute atomic E-state index is 0.0663. The summed E-state index contributed by atoms with van der Waals surface area (Å²) >= 11 is 1.38. The lowest BCUT2D eigenvalue weighted by Gasteiger charge is -2.37. The second kappa shape index (κ2) is 8.29. The van der Waals surface area contributed by atoms with Gasteiger partial charge in [0.15, 0.2) is 5.76 Å². The van der Waals surface area contributed by atoms with E-state index in [-0.39, 0.29) is 23.8 Å². The van der Waals surface area contributed by atoms with Crippen LogP contribution in [0.15, 0.2) is 22.8 Å². The van der Waals surface area contributed by atoms with Crippen LogP contribution >= 0.6 is 11.3 Å². The number of rotatable bonds is 4. The molecule has 0 saturated carbocycles. The van der Waals surface area contributed by atoms with Crippen molar-refractivity contribution in [3.63, 3.8) is 0 Å². The molecule has 0 aliphatic carbocycles. The molecule has 3 saturated heterocycles. The number of amides is 3. The molecular weight excluding hydrogens is 420 g/mol. The Kier molecular flexibility index (Phi) is 5.34. The standard InChI is InChI=1S/C20H24N6O4S/c27-16-6-2-8-26(16)20-22-21-19(31-20)25-7-1-4-14(25)17(28)23-9-11-24(12-10-23)18(29)15-5-3-13-30-15/h3,5,13-14H,1-2,4,6-12H2/t14-/m0/s1. The third-order valence-electron chi connectivity index (χ3n) is 6.10. The molecule has 0 bridgehead atoms. The second-order valence-electron chi connectivity index (χ2n) is 7.96. The van der Waals surface area contributed by atoms with Crippen LogP contribution in [-0.2, 0) is 9.59 Å². The predicted octanol–water partition coefficient (Wildman–Crippen LogP) is 1.21. The van der Waals surface area contributed by atoms with Gasteiger partial charge in [0.25, 0.3) is 5.91 Å². The third-order valence-corrected chi connectivity index (χ3v) is 7.09. The Labute approximate surface area is 183 Å². The van der Waals surface area contributed by atoms with E-state index in [2.05, 4.69) is 10.2 Å². The first-order valence-corrected chi connectivity index (χ1v) is 11.5. The lowest BCUT2D eigenvalue weighted by Crippen LogP contribution is -2.54. The first kappa shape index (κ1) is 20.0. The highest BCUT2D eigenvalue weighted by atomic mass is 32.1. The topological polar surface area (TPSA) is 103 Å². The van der Waals surface area contributed by atoms with E-state index in [0.29, 0.717) is 55.2 Å². The van der Waals surface area contributed by atoms with Gasteiger partial charge in [-0.2, -0.15) is 0 Å². The molecule has 0 N–H and O–H groups in total. The fourth-order valence-electron chi connectivity index (χ4n) is 4.43. The largest absolute Gasteiger partial charge is 0.459 e. The number of aromatic nitrogens is 2. The molecule has 0 spiro atoms. The number of carbonyl (C=O) groups excluding carboxylic acids is 3. The van der Waals surface area contributed by atoms with Crippen molar-refractivity contribution in [1.82, 2.24) is 20.0 Å². The van der Waals surface area contributed by atoms with Crippen LogP contribution < -0.4 is 9.80 Å². The van der Waals surface area contributed by atoms with Gasteiger partial charge in [-0.15, -0.1) is 10.2 Å². The molecule has 11 heteroatoms. The molecule has 3 aliphatic heterocycles. The van der Waals surface area contributed by atoms with E-state index in [1.807, 2.05) is 9.80 Å². The maximum Gasteiger partial charge on any atom is 0.289 e. The molecular formula is C20H24N6O4S. The van der Waals surface area contributed by atoms with Crippen molar-refractivity contribution in [2.75, 3.05) is 49.1 Å². The monoisotopic (exact) mass is 444 g/mol. The fraction of sp³-hybridized carbons (Fsp3) is 0.550. The minimum atomic E-state index is -0.276. The molecule has 0 aromatic carbocycles. The quantitative estimate of drug-likeness (QED) is 0.698. The number of hydrogen-bond acceptors (Lipinski definition) is 8. The van der Waals surface area contributed by atoms with E-state index in [1.54, 1.807) is 21.9 Å². The van der Waals surface area contributed by atoms with Crippen LogP contribution in [0.4, 0.5) is 10.3 Å². The van der Waals surface area contributed by atoms with Crippen LogP contribution in [0.2, 0.25) is 0 Å². The Morgan fingerprint density at radius 1 is 1.00 bits per heavy atom. The van der Waals surface area contributed by atoms with Gasteiger partial charge >= 0.3 is 0 Å². The smallest absolute Gasteiger partial charge is 0.289 e. The molecule has 5 rings (SSSR count). The normalized spacial score (nSPS) is 21.9. The Bertz CT molecular complexity index is 968. The summed E-state index contributed by atoms with van der Waals surface area (Å²) in [6.07, 6.45) is 4.55. The average molecular weight is 445 g/mol. The zero-order valence-electron chi connectivity index (χ0n) is 17.1. The number of hydrogen-bond donors (Lipinski definition) is 0. The highest BCUT2D eigenvalue weighted by molar-refractivity contribution is 7.19. The molecule has 2 aromatic rings. The van der Waals surface area contributed by atoms with Gasteiger partial charge in [-0.05, 0) is 31.4 Å². The van der Waals surface area contributed by atoms with E-state index < -0.39 is 0 Å². The zero-order valence-corrected chi connectivity index (χ0v) is 17.9. The molecule has 3 amide bonds. The van der Waals surface area contributed by atoms with Crippen molar-refractivity contribution >= 4 is 39.3 Å². The van der Waals surface area contributed by atoms with Crippen LogP contribution in [0.25, 0.3) is 0 Å². The van der Waals surface area contributed by atoms with E-state index in [4.69, 9.17) is 4.42 Å². The van der Waals surface area contributed by atoms with E-state index in [1.165, 1.54) is 17.6 Å². The number of carbonyl (C=O) groups is 3. The molecule has 3 aliphatic rings. The fourth-order valence-corrected chi connectivity index (χ4v) is 5.40. The van der Waals surface area contributed by atoms with Gasteiger partial charge < -0.3 is 19.1 Å². The lowest BCUT2D eigenvalue weighted by atomic mass is 10.1. The highest BCUT2D eigenvalue weighted by Crippen LogP contribution is 2.34. The van der Waals surface area contributed by atoms with Crippen molar-refractivity contribution in [3.8, 4) is 0 Å². The van der Waals surface area contributed by atoms with Gasteiger partial charge in [0, 0.05) is 45.7 Å². The summed E-state index contributed by atoms with van der Waals surface area (Å²) in [5.74, 6) is 0.332. The molecule has 1 atom stereocenters. The summed E-state index contributed by atoms with van der Waals surface area (Å²) in [7, 11) is 0. The Morgan fingerprint density at radius 3 is 2.48 bits per heavy atom. The van der Waals surface area contributed by atoms with Gasteiger partial charge in [0.2, 0.25) is 22.1 Å². The van der Waals surface area contributed by atoms with Crippen LogP contribution in [0.1, 0.15) is 36.2 Å². The number of furan rings is 1. The van der Waals surface area contributed by atoms with E-state index >= 15 is 0 Å². The van der Waals surface area contributed by atoms with Gasteiger partial charge in [-0.3, -0.25) is 19.3 Å². The van der Waals surface area contributed by atoms with Crippen molar-refractivity contribution in [3.05, 3.63) is 24.2 Å². The molecule has 2 aromatic heterocycles. The molecule has 5 heterocycles. The van der Waals surface area contributed by atoms with E-state index in [0.717, 1.165) is 25.8 Å². The van der Waals surface area contributed by atoms with Crippen LogP contribution in [0.5, 0.6) is 0 Å². The van der Waals surface area contributed by atoms with E-state index in [9.17, 15) is 14.4 Å². The first-order valence-electron chi connectivity index (χ1n) is 10.6. The highest BCUT2D eigenvalue weighted by Gasteiger charge is 2.38. The van der Waals surface area contributed by atoms with Gasteiger partial charge in [0.05, 0.1) is 6.26 Å². The van der Waals surface area contributed by atoms with Crippen LogP contribution in [0, 0.1) is 0 Å². The van der Waals surface area contributed by atoms with Crippen LogP contribution in [-0.4, -0.2) is 83.0 Å². The molecule has 0 unspecified atom stereocenters. The summed E-state index contributed by atoms with van der Waals surface area (Å²) in [6.45, 7) is 3.39. The molecule has 10 nitrogen and oxygen atoms in total. The van der Waals surface area contributed by atoms with Crippen molar-refractivity contribution in [1.29, 1.82) is 0 Å². The summed E-state index contributed by atoms with van der Waals surface area (Å²) in [4.78, 5) is 45.0. The second-order valence-corrected chi connectivity index (χ2v) is 8.90. The summed E-state index contributed by atoms with van der Waals surface area (Å²) in [6, 6.07) is 3.07. The van der Waals surface area contributed by atoms with Crippen molar-refractivity contribution in [2.24, 2.45) is 0 Å². The number of piperazine rings is 1. The first-order chi connectivity index (χ1) is 15.1. The molecule has 164 valence electrons. The summed E-state index contributed by atoms with van der Waals surface area (Å²) < 4.78 is 5.20. The van der Waals surface area contributed by atoms with Gasteiger partial charge in [-0.25, -0.2) is 0 Å². The van der Waals surface area contributed by atoms with Crippen molar-refractivity contribution in [2.45, 2.75) is 31.7 Å². The Morgan fingerprint density at radius 2 is 1.77 bits per heavy atom. The van der Waals surface area contributed by atoms with Crippen molar-refractivity contribution < 1.29 is 18.8 Å². The number of anilines is 2. The van der Waals surface area contributed by atoms with Gasteiger partial charge in [-0.1, -0.05) is 11.3 Å². The summed E-state index contributed by atoms with van der Waals surface area (Å²) in [5.41, 5.74) is 0. The zero-order chi connectivity index (χ0) is 21.4. The predicted molar refractivity (Wildman–Crippen MR) is 113 cm³/mol. The van der Waals surface area contributed by atoms with Gasteiger partial charge in [0.1, 0.15) is 6.04 Å². The maximum atomic E-state index is 13.3. The van der Waals surface area contributed by atoms with Crippen LogP contribution in [0.3, 0.4) is 0 Å². The molecule has 0 radical (unpaired) electrons. The number of nitrogens with zero attached hydrogens (tertiary/aromatic N) is 6. The molecule has 31 heavy (non-hydrogen) atoms. The SMILES string of the molecule is O=C(c1ccco1)N1CCN(C(=O)[C@@H]2CCCN2c2nnc(N3CCCC3=O)s2)CC1. The average Bonchev–Trinajstić information content (AvgIpc) is 3.59. The Balaban J connectivity index is 1.22. The maximum absolute atomic E-state index is 13.3. The third kappa shape index (κ3) is 3.78. The Hall–Kier alpha value is -2.95. The lowest BCUT2D eigenvalue weighted by molar-refractivity contribution is -0.133. The minimum Gasteiger partial charge on any atom is -0.459 e. The molecule has 3 fully saturated rings. The summed E-state index contributed by atoms with van der Waals surface area (Å²) in [5, 5.41) is 9.80.